The van der Waals surface area contributed by atoms with E-state index in [0.717, 1.165) is 25.1 Å². The van der Waals surface area contributed by atoms with E-state index in [4.69, 9.17) is 5.73 Å². The van der Waals surface area contributed by atoms with Crippen molar-refractivity contribution in [3.8, 4) is 0 Å². The van der Waals surface area contributed by atoms with Crippen LogP contribution in [0.5, 0.6) is 0 Å². The fourth-order valence-corrected chi connectivity index (χ4v) is 4.84. The summed E-state index contributed by atoms with van der Waals surface area (Å²) in [6.07, 6.45) is 0.855. The van der Waals surface area contributed by atoms with Crippen LogP contribution in [0.25, 0.3) is 0 Å². The molecule has 0 spiro atoms. The number of hydrogen-bond donors (Lipinski definition) is 1. The van der Waals surface area contributed by atoms with Crippen LogP contribution in [0.15, 0.2) is 27.6 Å². The van der Waals surface area contributed by atoms with Crippen LogP contribution in [0.2, 0.25) is 0 Å². The maximum Gasteiger partial charge on any atom is 0.244 e. The van der Waals surface area contributed by atoms with Crippen molar-refractivity contribution in [1.29, 1.82) is 0 Å². The summed E-state index contributed by atoms with van der Waals surface area (Å²) in [6, 6.07) is 5.18. The third-order valence-corrected chi connectivity index (χ3v) is 6.40. The van der Waals surface area contributed by atoms with Gasteiger partial charge in [0, 0.05) is 30.7 Å². The number of hydrogen-bond acceptors (Lipinski definition) is 4. The molecule has 20 heavy (non-hydrogen) atoms. The molecule has 2 N–H and O–H groups in total. The molecule has 0 aliphatic carbocycles. The predicted octanol–water partition coefficient (Wildman–Crippen LogP) is 1.23. The van der Waals surface area contributed by atoms with Gasteiger partial charge in [-0.3, -0.25) is 0 Å². The second-order valence-corrected chi connectivity index (χ2v) is 7.79. The van der Waals surface area contributed by atoms with Crippen LogP contribution in [-0.2, 0) is 16.6 Å². The smallest absolute Gasteiger partial charge is 0.244 e. The van der Waals surface area contributed by atoms with Crippen molar-refractivity contribution in [3.05, 3.63) is 28.2 Å². The van der Waals surface area contributed by atoms with Gasteiger partial charge in [-0.05, 0) is 53.6 Å². The average Bonchev–Trinajstić information content (AvgIpc) is 2.63. The molecule has 0 radical (unpaired) electrons. The standard InChI is InChI=1S/C13H20BrN3O2S/c1-16-5-2-6-17(8-7-16)20(18,19)13-4-3-11(10-15)9-12(13)14/h3-4,9H,2,5-8,10,15H2,1H3. The molecule has 1 fully saturated rings. The number of nitrogens with two attached hydrogens (primary N) is 1. The molecule has 5 nitrogen and oxygen atoms in total. The molecule has 1 aromatic carbocycles. The summed E-state index contributed by atoms with van der Waals surface area (Å²) in [6.45, 7) is 3.19. The monoisotopic (exact) mass is 361 g/mol. The lowest BCUT2D eigenvalue weighted by molar-refractivity contribution is 0.347. The molecule has 0 bridgehead atoms. The highest BCUT2D eigenvalue weighted by Gasteiger charge is 2.27. The minimum atomic E-state index is -3.45. The Labute approximate surface area is 128 Å². The summed E-state index contributed by atoms with van der Waals surface area (Å²) in [5, 5.41) is 0. The van der Waals surface area contributed by atoms with E-state index in [-0.39, 0.29) is 0 Å². The van der Waals surface area contributed by atoms with Crippen molar-refractivity contribution in [2.75, 3.05) is 33.2 Å². The fourth-order valence-electron chi connectivity index (χ4n) is 2.28. The molecular weight excluding hydrogens is 342 g/mol. The molecule has 0 unspecified atom stereocenters. The molecule has 0 saturated carbocycles. The van der Waals surface area contributed by atoms with Crippen LogP contribution in [0.4, 0.5) is 0 Å². The molecule has 0 atom stereocenters. The Morgan fingerprint density at radius 1 is 1.25 bits per heavy atom. The third-order valence-electron chi connectivity index (χ3n) is 3.53. The number of benzene rings is 1. The third kappa shape index (κ3) is 3.40. The van der Waals surface area contributed by atoms with Crippen LogP contribution >= 0.6 is 15.9 Å². The Balaban J connectivity index is 2.30. The minimum Gasteiger partial charge on any atom is -0.326 e. The van der Waals surface area contributed by atoms with Crippen molar-refractivity contribution in [2.45, 2.75) is 17.9 Å². The van der Waals surface area contributed by atoms with Gasteiger partial charge in [-0.2, -0.15) is 4.31 Å². The van der Waals surface area contributed by atoms with E-state index in [1.807, 2.05) is 7.05 Å². The largest absolute Gasteiger partial charge is 0.326 e. The lowest BCUT2D eigenvalue weighted by Gasteiger charge is -2.21. The van der Waals surface area contributed by atoms with E-state index < -0.39 is 10.0 Å². The fraction of sp³-hybridized carbons (Fsp3) is 0.538. The predicted molar refractivity (Wildman–Crippen MR) is 82.9 cm³/mol. The van der Waals surface area contributed by atoms with Gasteiger partial charge in [-0.25, -0.2) is 8.42 Å². The van der Waals surface area contributed by atoms with Crippen LogP contribution in [0, 0.1) is 0 Å². The molecule has 1 aromatic rings. The lowest BCUT2D eigenvalue weighted by atomic mass is 10.2. The number of likely N-dealkylation sites (N-methyl/N-ethyl adjacent to an activating group) is 1. The van der Waals surface area contributed by atoms with Crippen molar-refractivity contribution < 1.29 is 8.42 Å². The second-order valence-electron chi connectivity index (χ2n) is 5.03. The Hall–Kier alpha value is -0.470. The van der Waals surface area contributed by atoms with E-state index in [1.165, 1.54) is 0 Å². The zero-order valence-corrected chi connectivity index (χ0v) is 14.0. The first kappa shape index (κ1) is 15.9. The first-order valence-corrected chi connectivity index (χ1v) is 8.85. The van der Waals surface area contributed by atoms with Crippen molar-refractivity contribution in [2.24, 2.45) is 5.73 Å². The maximum atomic E-state index is 12.7. The Morgan fingerprint density at radius 2 is 2.00 bits per heavy atom. The summed E-state index contributed by atoms with van der Waals surface area (Å²) in [4.78, 5) is 2.47. The highest BCUT2D eigenvalue weighted by atomic mass is 79.9. The van der Waals surface area contributed by atoms with Crippen LogP contribution in [-0.4, -0.2) is 50.8 Å². The van der Waals surface area contributed by atoms with Crippen LogP contribution < -0.4 is 5.73 Å². The van der Waals surface area contributed by atoms with Gasteiger partial charge >= 0.3 is 0 Å². The zero-order chi connectivity index (χ0) is 14.8. The summed E-state index contributed by atoms with van der Waals surface area (Å²) in [7, 11) is -1.43. The Bertz CT molecular complexity index is 577. The van der Waals surface area contributed by atoms with Crippen LogP contribution in [0.3, 0.4) is 0 Å². The number of sulfonamides is 1. The zero-order valence-electron chi connectivity index (χ0n) is 11.5. The SMILES string of the molecule is CN1CCCN(S(=O)(=O)c2ccc(CN)cc2Br)CC1. The van der Waals surface area contributed by atoms with E-state index in [2.05, 4.69) is 20.8 Å². The van der Waals surface area contributed by atoms with Gasteiger partial charge < -0.3 is 10.6 Å². The molecule has 0 amide bonds. The molecule has 2 rings (SSSR count). The lowest BCUT2D eigenvalue weighted by Crippen LogP contribution is -2.34. The summed E-state index contributed by atoms with van der Waals surface area (Å²) < 4.78 is 27.6. The molecule has 112 valence electrons. The van der Waals surface area contributed by atoms with Gasteiger partial charge in [0.05, 0.1) is 4.90 Å². The molecular formula is C13H20BrN3O2S. The molecule has 1 aliphatic heterocycles. The summed E-state index contributed by atoms with van der Waals surface area (Å²) >= 11 is 3.35. The molecule has 0 aromatic heterocycles. The molecule has 7 heteroatoms. The maximum absolute atomic E-state index is 12.7. The molecule has 1 saturated heterocycles. The highest BCUT2D eigenvalue weighted by Crippen LogP contribution is 2.26. The van der Waals surface area contributed by atoms with Crippen molar-refractivity contribution >= 4 is 26.0 Å². The van der Waals surface area contributed by atoms with Crippen LogP contribution in [0.1, 0.15) is 12.0 Å². The first-order valence-electron chi connectivity index (χ1n) is 6.62. The number of rotatable bonds is 3. The quantitative estimate of drug-likeness (QED) is 0.879. The van der Waals surface area contributed by atoms with Gasteiger partial charge in [0.2, 0.25) is 10.0 Å². The average molecular weight is 362 g/mol. The van der Waals surface area contributed by atoms with E-state index in [9.17, 15) is 8.42 Å². The molecule has 1 heterocycles. The molecule has 1 aliphatic rings. The highest BCUT2D eigenvalue weighted by molar-refractivity contribution is 9.10. The summed E-state index contributed by atoms with van der Waals surface area (Å²) in [5.74, 6) is 0. The van der Waals surface area contributed by atoms with Gasteiger partial charge in [0.15, 0.2) is 0 Å². The second kappa shape index (κ2) is 6.53. The van der Waals surface area contributed by atoms with Gasteiger partial charge in [-0.1, -0.05) is 6.07 Å². The van der Waals surface area contributed by atoms with Gasteiger partial charge in [-0.15, -0.1) is 0 Å². The minimum absolute atomic E-state index is 0.319. The van der Waals surface area contributed by atoms with Crippen molar-refractivity contribution in [3.63, 3.8) is 0 Å². The van der Waals surface area contributed by atoms with E-state index >= 15 is 0 Å². The Morgan fingerprint density at radius 3 is 2.65 bits per heavy atom. The number of nitrogens with zero attached hydrogens (tertiary/aromatic N) is 2. The topological polar surface area (TPSA) is 66.6 Å². The summed E-state index contributed by atoms with van der Waals surface area (Å²) in [5.41, 5.74) is 6.48. The Kier molecular flexibility index (Phi) is 5.19. The number of halogens is 1. The van der Waals surface area contributed by atoms with E-state index in [0.29, 0.717) is 29.0 Å². The van der Waals surface area contributed by atoms with E-state index in [1.54, 1.807) is 22.5 Å². The normalized spacial score (nSPS) is 18.9. The first-order chi connectivity index (χ1) is 9.45. The van der Waals surface area contributed by atoms with Gasteiger partial charge in [0.1, 0.15) is 0 Å². The van der Waals surface area contributed by atoms with Gasteiger partial charge in [0.25, 0.3) is 0 Å². The van der Waals surface area contributed by atoms with Crippen molar-refractivity contribution in [1.82, 2.24) is 9.21 Å².